The molecule has 0 rings (SSSR count). The van der Waals surface area contributed by atoms with Gasteiger partial charge in [0.25, 0.3) is 7.98 Å². The van der Waals surface area contributed by atoms with E-state index in [9.17, 15) is 0 Å². The van der Waals surface area contributed by atoms with E-state index in [1.54, 1.807) is 0 Å². The van der Waals surface area contributed by atoms with E-state index in [1.807, 2.05) is 0 Å². The second kappa shape index (κ2) is 5.80. The molecule has 0 aliphatic heterocycles. The van der Waals surface area contributed by atoms with Gasteiger partial charge in [0.2, 0.25) is 0 Å². The van der Waals surface area contributed by atoms with Crippen LogP contribution in [0.15, 0.2) is 20.3 Å². The maximum Gasteiger partial charge on any atom is 0.293 e. The Morgan fingerprint density at radius 2 is 2.12 bits per heavy atom. The number of rotatable bonds is 2. The molecule has 0 saturated heterocycles. The van der Waals surface area contributed by atoms with Crippen LogP contribution in [0.25, 0.3) is 0 Å². The fourth-order valence-electron chi connectivity index (χ4n) is 0.121. The molecule has 0 aromatic carbocycles. The van der Waals surface area contributed by atoms with Gasteiger partial charge < -0.3 is 5.73 Å². The second-order valence-corrected chi connectivity index (χ2v) is 0.726. The quantitative estimate of drug-likeness (QED) is 0.167. The van der Waals surface area contributed by atoms with Crippen LogP contribution in [-0.4, -0.2) is 20.7 Å². The zero-order chi connectivity index (χ0) is 6.24. The standard InChI is InChI=1S/C2H4BN5/c3-8-7-2-6-5-1-4/h1-2H,(H2,4,5)/b6-2-,8-7?. The molecule has 40 valence electrons. The number of hydrogen-bond donors (Lipinski definition) is 1. The normalized spacial score (nSPS) is 12.5. The molecule has 0 fully saturated rings. The van der Waals surface area contributed by atoms with Crippen LogP contribution in [0, 0.1) is 0 Å². The van der Waals surface area contributed by atoms with Gasteiger partial charge in [-0.05, 0) is 0 Å². The minimum Gasteiger partial charge on any atom is -0.388 e. The molecule has 0 aliphatic rings. The first-order valence-electron chi connectivity index (χ1n) is 1.77. The zero-order valence-corrected chi connectivity index (χ0v) is 4.10. The van der Waals surface area contributed by atoms with E-state index in [0.29, 0.717) is 0 Å². The summed E-state index contributed by atoms with van der Waals surface area (Å²) in [7, 11) is 4.59. The summed E-state index contributed by atoms with van der Waals surface area (Å²) >= 11 is 0. The Morgan fingerprint density at radius 1 is 1.38 bits per heavy atom. The average molecular weight is 109 g/mol. The molecule has 8 heavy (non-hydrogen) atoms. The molecule has 2 radical (unpaired) electrons. The summed E-state index contributed by atoms with van der Waals surface area (Å²) in [5.74, 6) is 0. The molecular formula is C2H4BN5. The number of hydrogen-bond acceptors (Lipinski definition) is 3. The largest absolute Gasteiger partial charge is 0.388 e. The van der Waals surface area contributed by atoms with Crippen molar-refractivity contribution in [2.45, 2.75) is 0 Å². The minimum atomic E-state index is 1.03. The average Bonchev–Trinajstić information content (AvgIpc) is 1.81. The minimum absolute atomic E-state index is 1.03. The Labute approximate surface area is 47.8 Å². The molecule has 0 aliphatic carbocycles. The van der Waals surface area contributed by atoms with Gasteiger partial charge in [-0.1, -0.05) is 0 Å². The summed E-state index contributed by atoms with van der Waals surface area (Å²) < 4.78 is 0. The first-order chi connectivity index (χ1) is 3.91. The van der Waals surface area contributed by atoms with Crippen LogP contribution >= 0.6 is 0 Å². The zero-order valence-electron chi connectivity index (χ0n) is 4.10. The third-order valence-electron chi connectivity index (χ3n) is 0.303. The maximum absolute atomic E-state index is 4.80. The summed E-state index contributed by atoms with van der Waals surface area (Å²) in [6.45, 7) is 0. The van der Waals surface area contributed by atoms with Crippen LogP contribution in [0.5, 0.6) is 0 Å². The first kappa shape index (κ1) is 6.80. The van der Waals surface area contributed by atoms with Crippen molar-refractivity contribution in [1.82, 2.24) is 0 Å². The monoisotopic (exact) mass is 109 g/mol. The van der Waals surface area contributed by atoms with Crippen LogP contribution in [0.4, 0.5) is 0 Å². The SMILES string of the molecule is [B]N=N/C=N\N=C\N. The lowest BCUT2D eigenvalue weighted by molar-refractivity contribution is 1.23. The van der Waals surface area contributed by atoms with Crippen molar-refractivity contribution in [3.05, 3.63) is 0 Å². The highest BCUT2D eigenvalue weighted by Gasteiger charge is 1.57. The Hall–Kier alpha value is -1.20. The third kappa shape index (κ3) is 4.80. The Kier molecular flexibility index (Phi) is 4.94. The fraction of sp³-hybridized carbons (Fsp3) is 0. The molecule has 5 nitrogen and oxygen atoms in total. The molecule has 0 bridgehead atoms. The summed E-state index contributed by atoms with van der Waals surface area (Å²) in [4.78, 5) is 0. The molecule has 0 aromatic rings. The van der Waals surface area contributed by atoms with Crippen molar-refractivity contribution in [2.24, 2.45) is 26.1 Å². The number of nitrogens with zero attached hydrogens (tertiary/aromatic N) is 4. The van der Waals surface area contributed by atoms with Crippen LogP contribution in [0.3, 0.4) is 0 Å². The van der Waals surface area contributed by atoms with Gasteiger partial charge in [0.15, 0.2) is 6.34 Å². The summed E-state index contributed by atoms with van der Waals surface area (Å²) in [5, 5.41) is 12.5. The summed E-state index contributed by atoms with van der Waals surface area (Å²) in [6.07, 6.45) is 2.10. The molecule has 6 heteroatoms. The van der Waals surface area contributed by atoms with Gasteiger partial charge in [0, 0.05) is 0 Å². The predicted octanol–water partition coefficient (Wildman–Crippen LogP) is -0.548. The van der Waals surface area contributed by atoms with E-state index in [1.165, 1.54) is 0 Å². The van der Waals surface area contributed by atoms with E-state index >= 15 is 0 Å². The Balaban J connectivity index is 3.35. The molecular weight excluding hydrogens is 105 g/mol. The van der Waals surface area contributed by atoms with Gasteiger partial charge in [-0.15, -0.1) is 10.2 Å². The summed E-state index contributed by atoms with van der Waals surface area (Å²) in [6, 6.07) is 0. The molecule has 0 atom stereocenters. The topological polar surface area (TPSA) is 75.5 Å². The lowest BCUT2D eigenvalue weighted by Gasteiger charge is -1.69. The van der Waals surface area contributed by atoms with E-state index in [4.69, 9.17) is 5.73 Å². The van der Waals surface area contributed by atoms with Crippen molar-refractivity contribution < 1.29 is 0 Å². The lowest BCUT2D eigenvalue weighted by atomic mass is 10.5. The van der Waals surface area contributed by atoms with E-state index < -0.39 is 0 Å². The van der Waals surface area contributed by atoms with Crippen molar-refractivity contribution in [1.29, 1.82) is 0 Å². The lowest BCUT2D eigenvalue weighted by Crippen LogP contribution is -1.85. The van der Waals surface area contributed by atoms with Gasteiger partial charge in [0.05, 0.1) is 0 Å². The van der Waals surface area contributed by atoms with Crippen LogP contribution in [0.2, 0.25) is 0 Å². The van der Waals surface area contributed by atoms with Gasteiger partial charge in [-0.25, -0.2) is 0 Å². The Bertz CT molecular complexity index is 102. The first-order valence-corrected chi connectivity index (χ1v) is 1.77. The summed E-state index contributed by atoms with van der Waals surface area (Å²) in [5.41, 5.74) is 4.80. The molecule has 0 unspecified atom stereocenters. The maximum atomic E-state index is 4.80. The van der Waals surface area contributed by atoms with Crippen molar-refractivity contribution >= 4 is 20.7 Å². The fourth-order valence-corrected chi connectivity index (χ4v) is 0.121. The molecule has 0 spiro atoms. The molecule has 2 N–H and O–H groups in total. The van der Waals surface area contributed by atoms with Crippen molar-refractivity contribution in [2.75, 3.05) is 0 Å². The number of nitrogens with two attached hydrogens (primary N) is 1. The molecule has 0 aromatic heterocycles. The van der Waals surface area contributed by atoms with Crippen molar-refractivity contribution in [3.8, 4) is 0 Å². The molecule has 0 saturated carbocycles. The third-order valence-corrected chi connectivity index (χ3v) is 0.303. The van der Waals surface area contributed by atoms with Crippen LogP contribution in [-0.2, 0) is 0 Å². The molecule has 0 heterocycles. The predicted molar refractivity (Wildman–Crippen MR) is 31.8 cm³/mol. The Morgan fingerprint density at radius 3 is 2.62 bits per heavy atom. The van der Waals surface area contributed by atoms with E-state index in [2.05, 4.69) is 28.3 Å². The second-order valence-electron chi connectivity index (χ2n) is 0.726. The highest BCUT2D eigenvalue weighted by atomic mass is 15.2. The van der Waals surface area contributed by atoms with E-state index in [-0.39, 0.29) is 0 Å². The highest BCUT2D eigenvalue weighted by Crippen LogP contribution is 1.65. The van der Waals surface area contributed by atoms with Crippen LogP contribution < -0.4 is 5.73 Å². The van der Waals surface area contributed by atoms with Gasteiger partial charge in [-0.2, -0.15) is 5.11 Å². The van der Waals surface area contributed by atoms with Gasteiger partial charge in [0.1, 0.15) is 6.34 Å². The van der Waals surface area contributed by atoms with Gasteiger partial charge >= 0.3 is 0 Å². The smallest absolute Gasteiger partial charge is 0.293 e. The van der Waals surface area contributed by atoms with Crippen LogP contribution in [0.1, 0.15) is 0 Å². The van der Waals surface area contributed by atoms with Gasteiger partial charge in [-0.3, -0.25) is 5.03 Å². The van der Waals surface area contributed by atoms with Crippen molar-refractivity contribution in [3.63, 3.8) is 0 Å². The van der Waals surface area contributed by atoms with E-state index in [0.717, 1.165) is 12.7 Å². The highest BCUT2D eigenvalue weighted by molar-refractivity contribution is 6.05. The molecule has 0 amide bonds.